The van der Waals surface area contributed by atoms with Gasteiger partial charge in [-0.15, -0.1) is 0 Å². The van der Waals surface area contributed by atoms with Gasteiger partial charge in [0.25, 0.3) is 0 Å². The van der Waals surface area contributed by atoms with Crippen LogP contribution in [0.2, 0.25) is 0 Å². The SMILES string of the molecule is CC(C)[C@@H](C(=O)N1C[C@H](O)C[C@H]1C(=O)N[C@@H](C)c1ccc(C#N)cc1)c1cc(CCC=O)no1. The number of β-amino-alcohol motifs (C(OH)–C–C–N with tert-alkyl or cyclic N) is 1. The second kappa shape index (κ2) is 11.1. The van der Waals surface area contributed by atoms with Gasteiger partial charge in [0.05, 0.1) is 29.5 Å². The van der Waals surface area contributed by atoms with Gasteiger partial charge in [-0.1, -0.05) is 31.1 Å². The Morgan fingerprint density at radius 1 is 1.32 bits per heavy atom. The molecule has 1 aliphatic heterocycles. The Kier molecular flexibility index (Phi) is 8.18. The first-order valence-electron chi connectivity index (χ1n) is 11.4. The molecular weight excluding hydrogens is 436 g/mol. The third-order valence-electron chi connectivity index (χ3n) is 6.10. The van der Waals surface area contributed by atoms with Gasteiger partial charge in [-0.25, -0.2) is 0 Å². The molecule has 0 saturated carbocycles. The van der Waals surface area contributed by atoms with E-state index in [2.05, 4.69) is 16.5 Å². The van der Waals surface area contributed by atoms with Crippen molar-refractivity contribution in [3.8, 4) is 6.07 Å². The van der Waals surface area contributed by atoms with Crippen molar-refractivity contribution in [3.63, 3.8) is 0 Å². The number of carbonyl (C=O) groups is 3. The summed E-state index contributed by atoms with van der Waals surface area (Å²) in [6, 6.07) is 9.49. The molecule has 0 radical (unpaired) electrons. The first kappa shape index (κ1) is 25.1. The molecule has 0 spiro atoms. The number of nitrogens with zero attached hydrogens (tertiary/aromatic N) is 3. The van der Waals surface area contributed by atoms with Gasteiger partial charge in [0, 0.05) is 25.5 Å². The number of aliphatic hydroxyl groups is 1. The average Bonchev–Trinajstić information content (AvgIpc) is 3.44. The summed E-state index contributed by atoms with van der Waals surface area (Å²) in [6.07, 6.45) is 0.865. The number of amides is 2. The fourth-order valence-electron chi connectivity index (χ4n) is 4.26. The van der Waals surface area contributed by atoms with E-state index < -0.39 is 18.1 Å². The van der Waals surface area contributed by atoms with Gasteiger partial charge >= 0.3 is 0 Å². The van der Waals surface area contributed by atoms with Crippen molar-refractivity contribution in [2.75, 3.05) is 6.54 Å². The molecule has 180 valence electrons. The number of hydrogen-bond donors (Lipinski definition) is 2. The summed E-state index contributed by atoms with van der Waals surface area (Å²) in [5, 5.41) is 26.1. The summed E-state index contributed by atoms with van der Waals surface area (Å²) in [6.45, 7) is 5.64. The number of likely N-dealkylation sites (tertiary alicyclic amines) is 1. The molecule has 1 fully saturated rings. The van der Waals surface area contributed by atoms with Gasteiger partial charge in [0.2, 0.25) is 11.8 Å². The molecule has 4 atom stereocenters. The standard InChI is InChI=1S/C25H30N4O5/c1-15(2)23(22-11-19(28-34-22)5-4-10-30)25(33)29-14-20(31)12-21(29)24(32)27-16(3)18-8-6-17(13-26)7-9-18/h6-11,15-16,20-21,23,31H,4-5,12,14H2,1-3H3,(H,27,32)/t16-,20+,21-,23+/m0/s1. The summed E-state index contributed by atoms with van der Waals surface area (Å²) >= 11 is 0. The van der Waals surface area contributed by atoms with E-state index in [0.717, 1.165) is 11.8 Å². The zero-order chi connectivity index (χ0) is 24.8. The van der Waals surface area contributed by atoms with Gasteiger partial charge in [0.15, 0.2) is 0 Å². The first-order valence-corrected chi connectivity index (χ1v) is 11.4. The number of nitriles is 1. The van der Waals surface area contributed by atoms with Gasteiger partial charge in [-0.3, -0.25) is 9.59 Å². The molecule has 34 heavy (non-hydrogen) atoms. The molecule has 1 saturated heterocycles. The van der Waals surface area contributed by atoms with Crippen LogP contribution >= 0.6 is 0 Å². The number of nitrogens with one attached hydrogen (secondary N) is 1. The van der Waals surface area contributed by atoms with Crippen molar-refractivity contribution >= 4 is 18.1 Å². The van der Waals surface area contributed by atoms with Crippen molar-refractivity contribution < 1.29 is 24.0 Å². The lowest BCUT2D eigenvalue weighted by atomic mass is 9.91. The summed E-state index contributed by atoms with van der Waals surface area (Å²) in [5.74, 6) is -1.09. The van der Waals surface area contributed by atoms with Gasteiger partial charge < -0.3 is 24.6 Å². The molecule has 3 rings (SSSR count). The van der Waals surface area contributed by atoms with Crippen molar-refractivity contribution in [3.05, 3.63) is 52.9 Å². The maximum absolute atomic E-state index is 13.6. The zero-order valence-corrected chi connectivity index (χ0v) is 19.6. The van der Waals surface area contributed by atoms with Crippen molar-refractivity contribution in [2.24, 2.45) is 5.92 Å². The summed E-state index contributed by atoms with van der Waals surface area (Å²) in [4.78, 5) is 38.7. The summed E-state index contributed by atoms with van der Waals surface area (Å²) in [5.41, 5.74) is 1.94. The smallest absolute Gasteiger partial charge is 0.243 e. The Morgan fingerprint density at radius 2 is 2.03 bits per heavy atom. The van der Waals surface area contributed by atoms with Crippen molar-refractivity contribution in [2.45, 2.75) is 64.1 Å². The Hall–Kier alpha value is -3.51. The lowest BCUT2D eigenvalue weighted by Gasteiger charge is -2.29. The average molecular weight is 467 g/mol. The van der Waals surface area contributed by atoms with Crippen LogP contribution in [0.3, 0.4) is 0 Å². The highest BCUT2D eigenvalue weighted by atomic mass is 16.5. The molecular formula is C25H30N4O5. The molecule has 1 aromatic heterocycles. The first-order chi connectivity index (χ1) is 16.2. The number of benzene rings is 1. The van der Waals surface area contributed by atoms with E-state index >= 15 is 0 Å². The quantitative estimate of drug-likeness (QED) is 0.541. The van der Waals surface area contributed by atoms with E-state index in [0.29, 0.717) is 29.9 Å². The number of carbonyl (C=O) groups excluding carboxylic acids is 3. The molecule has 2 aromatic rings. The zero-order valence-electron chi connectivity index (χ0n) is 19.6. The third kappa shape index (κ3) is 5.69. The molecule has 2 amide bonds. The van der Waals surface area contributed by atoms with Crippen LogP contribution in [0.5, 0.6) is 0 Å². The Bertz CT molecular complexity index is 1060. The lowest BCUT2D eigenvalue weighted by molar-refractivity contribution is -0.141. The maximum Gasteiger partial charge on any atom is 0.243 e. The van der Waals surface area contributed by atoms with Crippen LogP contribution in [0.15, 0.2) is 34.9 Å². The number of aromatic nitrogens is 1. The minimum absolute atomic E-state index is 0.0531. The molecule has 9 nitrogen and oxygen atoms in total. The molecule has 1 aliphatic rings. The van der Waals surface area contributed by atoms with E-state index in [1.807, 2.05) is 20.8 Å². The van der Waals surface area contributed by atoms with Crippen molar-refractivity contribution in [1.29, 1.82) is 5.26 Å². The monoisotopic (exact) mass is 466 g/mol. The molecule has 2 N–H and O–H groups in total. The van der Waals surface area contributed by atoms with Gasteiger partial charge in [-0.2, -0.15) is 5.26 Å². The molecule has 0 aliphatic carbocycles. The topological polar surface area (TPSA) is 137 Å². The third-order valence-corrected chi connectivity index (χ3v) is 6.10. The predicted octanol–water partition coefficient (Wildman–Crippen LogP) is 2.26. The van der Waals surface area contributed by atoms with Gasteiger partial charge in [-0.05, 0) is 37.0 Å². The van der Waals surface area contributed by atoms with Crippen LogP contribution < -0.4 is 5.32 Å². The molecule has 1 aromatic carbocycles. The van der Waals surface area contributed by atoms with Crippen LogP contribution in [0, 0.1) is 17.2 Å². The van der Waals surface area contributed by atoms with Crippen LogP contribution in [0.1, 0.15) is 68.2 Å². The fourth-order valence-corrected chi connectivity index (χ4v) is 4.26. The van der Waals surface area contributed by atoms with Crippen molar-refractivity contribution in [1.82, 2.24) is 15.4 Å². The van der Waals surface area contributed by atoms with E-state index in [4.69, 9.17) is 9.78 Å². The van der Waals surface area contributed by atoms with Crippen LogP contribution in [0.4, 0.5) is 0 Å². The van der Waals surface area contributed by atoms with E-state index in [1.165, 1.54) is 4.90 Å². The highest BCUT2D eigenvalue weighted by Gasteiger charge is 2.43. The van der Waals surface area contributed by atoms with E-state index in [-0.39, 0.29) is 36.7 Å². The second-order valence-corrected chi connectivity index (χ2v) is 9.01. The number of hydrogen-bond acceptors (Lipinski definition) is 7. The Morgan fingerprint density at radius 3 is 2.65 bits per heavy atom. The number of aryl methyl sites for hydroxylation is 1. The lowest BCUT2D eigenvalue weighted by Crippen LogP contribution is -2.48. The number of rotatable bonds is 9. The van der Waals surface area contributed by atoms with Gasteiger partial charge in [0.1, 0.15) is 24.0 Å². The Balaban J connectivity index is 1.76. The highest BCUT2D eigenvalue weighted by Crippen LogP contribution is 2.31. The number of aliphatic hydroxyl groups excluding tert-OH is 1. The van der Waals surface area contributed by atoms with Crippen LogP contribution in [-0.4, -0.2) is 52.0 Å². The number of aldehydes is 1. The molecule has 0 unspecified atom stereocenters. The minimum atomic E-state index is -0.818. The largest absolute Gasteiger partial charge is 0.391 e. The van der Waals surface area contributed by atoms with Crippen LogP contribution in [-0.2, 0) is 20.8 Å². The maximum atomic E-state index is 13.6. The normalized spacial score (nSPS) is 19.5. The summed E-state index contributed by atoms with van der Waals surface area (Å²) < 4.78 is 5.43. The predicted molar refractivity (Wildman–Crippen MR) is 122 cm³/mol. The molecule has 9 heteroatoms. The molecule has 2 heterocycles. The Labute approximate surface area is 198 Å². The van der Waals surface area contributed by atoms with E-state index in [9.17, 15) is 19.5 Å². The highest BCUT2D eigenvalue weighted by molar-refractivity contribution is 5.91. The fraction of sp³-hybridized carbons (Fsp3) is 0.480. The minimum Gasteiger partial charge on any atom is -0.391 e. The molecule has 0 bridgehead atoms. The summed E-state index contributed by atoms with van der Waals surface area (Å²) in [7, 11) is 0. The van der Waals surface area contributed by atoms with Crippen LogP contribution in [0.25, 0.3) is 0 Å². The second-order valence-electron chi connectivity index (χ2n) is 9.01. The van der Waals surface area contributed by atoms with E-state index in [1.54, 1.807) is 30.3 Å².